The zero-order valence-corrected chi connectivity index (χ0v) is 13.9. The predicted octanol–water partition coefficient (Wildman–Crippen LogP) is 3.42. The van der Waals surface area contributed by atoms with Gasteiger partial charge in [0.05, 0.1) is 9.90 Å². The average Bonchev–Trinajstić information content (AvgIpc) is 3.06. The number of rotatable bonds is 2. The molecule has 3 rings (SSSR count). The summed E-state index contributed by atoms with van der Waals surface area (Å²) in [5.74, 6) is -0.871. The Morgan fingerprint density at radius 2 is 2.13 bits per heavy atom. The van der Waals surface area contributed by atoms with E-state index in [1.807, 2.05) is 5.38 Å². The maximum Gasteiger partial charge on any atom is 0.264 e. The number of halogens is 2. The summed E-state index contributed by atoms with van der Waals surface area (Å²) in [5, 5.41) is 1.80. The Morgan fingerprint density at radius 3 is 2.78 bits per heavy atom. The van der Waals surface area contributed by atoms with Gasteiger partial charge >= 0.3 is 0 Å². The molecule has 23 heavy (non-hydrogen) atoms. The van der Waals surface area contributed by atoms with Gasteiger partial charge in [0, 0.05) is 18.8 Å². The molecule has 2 heterocycles. The van der Waals surface area contributed by atoms with Crippen LogP contribution in [0, 0.1) is 5.82 Å². The summed E-state index contributed by atoms with van der Waals surface area (Å²) in [4.78, 5) is 28.8. The first-order chi connectivity index (χ1) is 11.0. The molecule has 2 amide bonds. The molecule has 0 bridgehead atoms. The minimum Gasteiger partial charge on any atom is -0.324 e. The van der Waals surface area contributed by atoms with Crippen molar-refractivity contribution in [1.29, 1.82) is 0 Å². The molecule has 0 aliphatic carbocycles. The van der Waals surface area contributed by atoms with E-state index in [-0.39, 0.29) is 16.8 Å². The number of nitrogens with zero attached hydrogens (tertiary/aromatic N) is 2. The molecule has 1 aromatic carbocycles. The van der Waals surface area contributed by atoms with Gasteiger partial charge in [-0.3, -0.25) is 9.59 Å². The van der Waals surface area contributed by atoms with E-state index in [4.69, 9.17) is 11.6 Å². The van der Waals surface area contributed by atoms with Crippen molar-refractivity contribution in [2.75, 3.05) is 18.0 Å². The van der Waals surface area contributed by atoms with Crippen molar-refractivity contribution in [3.8, 4) is 0 Å². The van der Waals surface area contributed by atoms with Gasteiger partial charge in [0.15, 0.2) is 0 Å². The molecular formula is C16H14ClFN2O2S. The smallest absolute Gasteiger partial charge is 0.264 e. The van der Waals surface area contributed by atoms with E-state index in [0.29, 0.717) is 23.7 Å². The van der Waals surface area contributed by atoms with Crippen molar-refractivity contribution in [3.63, 3.8) is 0 Å². The minimum absolute atomic E-state index is 0.0277. The van der Waals surface area contributed by atoms with Gasteiger partial charge in [-0.1, -0.05) is 17.7 Å². The highest BCUT2D eigenvalue weighted by atomic mass is 35.5. The lowest BCUT2D eigenvalue weighted by Crippen LogP contribution is -2.57. The van der Waals surface area contributed by atoms with Crippen LogP contribution in [0.4, 0.5) is 10.1 Å². The highest BCUT2D eigenvalue weighted by Crippen LogP contribution is 2.26. The topological polar surface area (TPSA) is 40.6 Å². The van der Waals surface area contributed by atoms with Crippen molar-refractivity contribution in [2.45, 2.75) is 13.0 Å². The highest BCUT2D eigenvalue weighted by Gasteiger charge is 2.35. The van der Waals surface area contributed by atoms with Gasteiger partial charge in [-0.25, -0.2) is 4.39 Å². The molecule has 0 spiro atoms. The molecular weight excluding hydrogens is 339 g/mol. The fourth-order valence-electron chi connectivity index (χ4n) is 2.60. The second-order valence-electron chi connectivity index (χ2n) is 5.24. The summed E-state index contributed by atoms with van der Waals surface area (Å²) in [5.41, 5.74) is 0.538. The van der Waals surface area contributed by atoms with Crippen LogP contribution in [0.25, 0.3) is 0 Å². The van der Waals surface area contributed by atoms with Crippen LogP contribution < -0.4 is 4.90 Å². The van der Waals surface area contributed by atoms with Gasteiger partial charge in [0.25, 0.3) is 5.91 Å². The summed E-state index contributed by atoms with van der Waals surface area (Å²) in [7, 11) is 0. The SMILES string of the molecule is CC1C(=O)N(c2ccc(F)c(Cl)c2)CCN1C(=O)c1cccs1. The molecule has 4 nitrogen and oxygen atoms in total. The van der Waals surface area contributed by atoms with E-state index in [0.717, 1.165) is 0 Å². The Labute approximate surface area is 142 Å². The summed E-state index contributed by atoms with van der Waals surface area (Å²) in [6.45, 7) is 2.46. The Kier molecular flexibility index (Phi) is 4.37. The first-order valence-electron chi connectivity index (χ1n) is 7.10. The maximum absolute atomic E-state index is 13.3. The van der Waals surface area contributed by atoms with Gasteiger partial charge in [-0.2, -0.15) is 0 Å². The van der Waals surface area contributed by atoms with Crippen LogP contribution in [0.1, 0.15) is 16.6 Å². The van der Waals surface area contributed by atoms with E-state index in [1.54, 1.807) is 24.0 Å². The van der Waals surface area contributed by atoms with Crippen LogP contribution in [0.2, 0.25) is 5.02 Å². The van der Waals surface area contributed by atoms with Gasteiger partial charge in [0.1, 0.15) is 11.9 Å². The molecule has 1 aromatic heterocycles. The van der Waals surface area contributed by atoms with E-state index >= 15 is 0 Å². The Bertz CT molecular complexity index is 751. The van der Waals surface area contributed by atoms with Crippen LogP contribution in [0.15, 0.2) is 35.7 Å². The lowest BCUT2D eigenvalue weighted by Gasteiger charge is -2.39. The van der Waals surface area contributed by atoms with Gasteiger partial charge in [0.2, 0.25) is 5.91 Å². The fourth-order valence-corrected chi connectivity index (χ4v) is 3.45. The van der Waals surface area contributed by atoms with E-state index in [2.05, 4.69) is 0 Å². The average molecular weight is 353 g/mol. The Balaban J connectivity index is 1.81. The third kappa shape index (κ3) is 2.96. The molecule has 1 fully saturated rings. The van der Waals surface area contributed by atoms with E-state index < -0.39 is 11.9 Å². The quantitative estimate of drug-likeness (QED) is 0.831. The summed E-state index contributed by atoms with van der Waals surface area (Å²) in [6.07, 6.45) is 0. The van der Waals surface area contributed by atoms with Crippen molar-refractivity contribution >= 4 is 40.4 Å². The highest BCUT2D eigenvalue weighted by molar-refractivity contribution is 7.12. The number of anilines is 1. The molecule has 0 saturated carbocycles. The van der Waals surface area contributed by atoms with Crippen molar-refractivity contribution in [3.05, 3.63) is 51.4 Å². The molecule has 0 N–H and O–H groups in total. The van der Waals surface area contributed by atoms with Crippen LogP contribution in [-0.4, -0.2) is 35.8 Å². The summed E-state index contributed by atoms with van der Waals surface area (Å²) in [6, 6.07) is 7.15. The van der Waals surface area contributed by atoms with Crippen molar-refractivity contribution in [1.82, 2.24) is 4.90 Å². The molecule has 0 radical (unpaired) electrons. The number of carbonyl (C=O) groups is 2. The first-order valence-corrected chi connectivity index (χ1v) is 8.35. The van der Waals surface area contributed by atoms with Crippen LogP contribution >= 0.6 is 22.9 Å². The molecule has 1 aliphatic rings. The maximum atomic E-state index is 13.3. The lowest BCUT2D eigenvalue weighted by molar-refractivity contribution is -0.124. The summed E-state index contributed by atoms with van der Waals surface area (Å²) >= 11 is 7.14. The van der Waals surface area contributed by atoms with Gasteiger partial charge in [-0.05, 0) is 36.6 Å². The number of thiophene rings is 1. The number of piperazine rings is 1. The molecule has 1 saturated heterocycles. The second kappa shape index (κ2) is 6.29. The number of benzene rings is 1. The van der Waals surface area contributed by atoms with Crippen LogP contribution in [0.5, 0.6) is 0 Å². The Hall–Kier alpha value is -1.92. The number of carbonyl (C=O) groups excluding carboxylic acids is 2. The van der Waals surface area contributed by atoms with E-state index in [1.165, 1.54) is 34.4 Å². The number of amides is 2. The zero-order chi connectivity index (χ0) is 16.6. The molecule has 120 valence electrons. The van der Waals surface area contributed by atoms with Crippen LogP contribution in [-0.2, 0) is 4.79 Å². The van der Waals surface area contributed by atoms with E-state index in [9.17, 15) is 14.0 Å². The molecule has 1 unspecified atom stereocenters. The number of hydrogen-bond acceptors (Lipinski definition) is 3. The third-order valence-electron chi connectivity index (χ3n) is 3.86. The van der Waals surface area contributed by atoms with Crippen LogP contribution in [0.3, 0.4) is 0 Å². The van der Waals surface area contributed by atoms with Gasteiger partial charge in [-0.15, -0.1) is 11.3 Å². The standard InChI is InChI=1S/C16H14ClFN2O2S/c1-10-15(21)20(11-4-5-13(18)12(17)9-11)7-6-19(10)16(22)14-3-2-8-23-14/h2-5,8-10H,6-7H2,1H3. The molecule has 2 aromatic rings. The predicted molar refractivity (Wildman–Crippen MR) is 88.6 cm³/mol. The lowest BCUT2D eigenvalue weighted by atomic mass is 10.1. The zero-order valence-electron chi connectivity index (χ0n) is 12.3. The normalized spacial score (nSPS) is 18.4. The first kappa shape index (κ1) is 16.0. The van der Waals surface area contributed by atoms with Crippen molar-refractivity contribution < 1.29 is 14.0 Å². The van der Waals surface area contributed by atoms with Crippen molar-refractivity contribution in [2.24, 2.45) is 0 Å². The largest absolute Gasteiger partial charge is 0.324 e. The minimum atomic E-state index is -0.581. The molecule has 7 heteroatoms. The second-order valence-corrected chi connectivity index (χ2v) is 6.60. The van der Waals surface area contributed by atoms with Gasteiger partial charge < -0.3 is 9.80 Å². The number of hydrogen-bond donors (Lipinski definition) is 0. The Morgan fingerprint density at radius 1 is 1.35 bits per heavy atom. The molecule has 1 atom stereocenters. The third-order valence-corrected chi connectivity index (χ3v) is 5.01. The summed E-state index contributed by atoms with van der Waals surface area (Å²) < 4.78 is 13.3. The monoisotopic (exact) mass is 352 g/mol. The fraction of sp³-hybridized carbons (Fsp3) is 0.250. The molecule has 1 aliphatic heterocycles.